The van der Waals surface area contributed by atoms with Gasteiger partial charge in [-0.3, -0.25) is 4.98 Å². The minimum Gasteiger partial charge on any atom is -0.372 e. The number of nitrogens with zero attached hydrogens (tertiary/aromatic N) is 3. The van der Waals surface area contributed by atoms with Gasteiger partial charge in [-0.2, -0.15) is 0 Å². The fourth-order valence-electron chi connectivity index (χ4n) is 1.64. The normalized spacial score (nSPS) is 10.8. The summed E-state index contributed by atoms with van der Waals surface area (Å²) in [5.41, 5.74) is 1.74. The van der Waals surface area contributed by atoms with Gasteiger partial charge in [-0.05, 0) is 40.6 Å². The number of hydrogen-bond donors (Lipinski definition) is 1. The lowest BCUT2D eigenvalue weighted by atomic mass is 10.1. The van der Waals surface area contributed by atoms with Crippen molar-refractivity contribution in [2.24, 2.45) is 0 Å². The van der Waals surface area contributed by atoms with Gasteiger partial charge in [0.05, 0.1) is 14.3 Å². The van der Waals surface area contributed by atoms with Crippen molar-refractivity contribution >= 4 is 40.0 Å². The van der Waals surface area contributed by atoms with Gasteiger partial charge in [0.2, 0.25) is 0 Å². The molecule has 0 aliphatic heterocycles. The molecular weight excluding hydrogens is 375 g/mol. The van der Waals surface area contributed by atoms with Crippen LogP contribution in [0.1, 0.15) is 25.5 Å². The largest absolute Gasteiger partial charge is 0.372 e. The van der Waals surface area contributed by atoms with E-state index >= 15 is 0 Å². The van der Waals surface area contributed by atoms with E-state index in [1.165, 1.54) is 0 Å². The molecule has 19 heavy (non-hydrogen) atoms. The van der Waals surface area contributed by atoms with Crippen molar-refractivity contribution in [2.45, 2.75) is 19.8 Å². The monoisotopic (exact) mass is 388 g/mol. The van der Waals surface area contributed by atoms with Gasteiger partial charge in [0, 0.05) is 13.2 Å². The molecule has 2 heterocycles. The highest BCUT2D eigenvalue weighted by Crippen LogP contribution is 2.27. The molecule has 0 saturated carbocycles. The van der Waals surface area contributed by atoms with E-state index in [9.17, 15) is 0 Å². The lowest BCUT2D eigenvalue weighted by molar-refractivity contribution is 0.808. The summed E-state index contributed by atoms with van der Waals surface area (Å²) in [6, 6.07) is 3.62. The van der Waals surface area contributed by atoms with Crippen molar-refractivity contribution in [2.75, 3.05) is 12.4 Å². The predicted octanol–water partition coefficient (Wildman–Crippen LogP) is 3.96. The second-order valence-corrected chi connectivity index (χ2v) is 5.88. The Morgan fingerprint density at radius 2 is 2.00 bits per heavy atom. The summed E-state index contributed by atoms with van der Waals surface area (Å²) in [7, 11) is 1.85. The molecule has 4 nitrogen and oxygen atoms in total. The van der Waals surface area contributed by atoms with E-state index in [-0.39, 0.29) is 0 Å². The smallest absolute Gasteiger partial charge is 0.180 e. The zero-order valence-electron chi connectivity index (χ0n) is 10.9. The summed E-state index contributed by atoms with van der Waals surface area (Å²) in [6.45, 7) is 4.23. The van der Waals surface area contributed by atoms with Gasteiger partial charge in [0.1, 0.15) is 11.5 Å². The standard InChI is InChI=1S/C13H14ClIN4/c1-7(2)11-10(15)13(16-3)19-12(18-11)9-5-4-8(14)6-17-9/h4-7H,1-3H3,(H,16,18,19). The first kappa shape index (κ1) is 14.5. The first-order valence-electron chi connectivity index (χ1n) is 5.90. The Morgan fingerprint density at radius 3 is 2.53 bits per heavy atom. The minimum atomic E-state index is 0.327. The summed E-state index contributed by atoms with van der Waals surface area (Å²) in [6.07, 6.45) is 1.60. The third kappa shape index (κ3) is 3.14. The van der Waals surface area contributed by atoms with Crippen molar-refractivity contribution in [3.05, 3.63) is 32.6 Å². The highest BCUT2D eigenvalue weighted by atomic mass is 127. The number of anilines is 1. The zero-order valence-corrected chi connectivity index (χ0v) is 13.8. The first-order valence-corrected chi connectivity index (χ1v) is 7.35. The molecule has 0 bridgehead atoms. The van der Waals surface area contributed by atoms with Crippen LogP contribution in [0.4, 0.5) is 5.82 Å². The maximum atomic E-state index is 5.85. The fourth-order valence-corrected chi connectivity index (χ4v) is 2.88. The molecule has 0 fully saturated rings. The number of hydrogen-bond acceptors (Lipinski definition) is 4. The summed E-state index contributed by atoms with van der Waals surface area (Å²) in [4.78, 5) is 13.4. The van der Waals surface area contributed by atoms with Crippen molar-refractivity contribution in [1.82, 2.24) is 15.0 Å². The third-order valence-electron chi connectivity index (χ3n) is 2.62. The van der Waals surface area contributed by atoms with Crippen LogP contribution in [-0.2, 0) is 0 Å². The molecule has 6 heteroatoms. The van der Waals surface area contributed by atoms with Crippen LogP contribution >= 0.6 is 34.2 Å². The number of aromatic nitrogens is 3. The van der Waals surface area contributed by atoms with Crippen LogP contribution in [0.5, 0.6) is 0 Å². The Balaban J connectivity index is 2.57. The maximum absolute atomic E-state index is 5.85. The van der Waals surface area contributed by atoms with Gasteiger partial charge in [-0.15, -0.1) is 0 Å². The zero-order chi connectivity index (χ0) is 14.0. The molecule has 0 radical (unpaired) electrons. The molecule has 2 aromatic heterocycles. The van der Waals surface area contributed by atoms with Gasteiger partial charge in [-0.25, -0.2) is 9.97 Å². The molecule has 0 aliphatic carbocycles. The third-order valence-corrected chi connectivity index (χ3v) is 3.90. The predicted molar refractivity (Wildman–Crippen MR) is 86.6 cm³/mol. The van der Waals surface area contributed by atoms with Crippen LogP contribution in [0.3, 0.4) is 0 Å². The quantitative estimate of drug-likeness (QED) is 0.809. The van der Waals surface area contributed by atoms with Crippen molar-refractivity contribution in [3.8, 4) is 11.5 Å². The summed E-state index contributed by atoms with van der Waals surface area (Å²) >= 11 is 8.12. The maximum Gasteiger partial charge on any atom is 0.180 e. The van der Waals surface area contributed by atoms with Gasteiger partial charge in [0.25, 0.3) is 0 Å². The molecule has 100 valence electrons. The van der Waals surface area contributed by atoms with E-state index in [0.29, 0.717) is 16.8 Å². The molecular formula is C13H14ClIN4. The molecule has 1 N–H and O–H groups in total. The van der Waals surface area contributed by atoms with Crippen LogP contribution in [-0.4, -0.2) is 22.0 Å². The van der Waals surface area contributed by atoms with E-state index in [0.717, 1.165) is 20.8 Å². The van der Waals surface area contributed by atoms with Crippen LogP contribution in [0.2, 0.25) is 5.02 Å². The molecule has 0 unspecified atom stereocenters. The second-order valence-electron chi connectivity index (χ2n) is 4.36. The summed E-state index contributed by atoms with van der Waals surface area (Å²) in [5, 5.41) is 3.70. The summed E-state index contributed by atoms with van der Waals surface area (Å²) < 4.78 is 1.05. The fraction of sp³-hybridized carbons (Fsp3) is 0.308. The topological polar surface area (TPSA) is 50.7 Å². The van der Waals surface area contributed by atoms with E-state index in [1.54, 1.807) is 12.3 Å². The Hall–Kier alpha value is -0.950. The number of pyridine rings is 1. The van der Waals surface area contributed by atoms with Crippen molar-refractivity contribution in [3.63, 3.8) is 0 Å². The Bertz CT molecular complexity index is 584. The molecule has 2 aromatic rings. The van der Waals surface area contributed by atoms with Crippen molar-refractivity contribution < 1.29 is 0 Å². The Labute approximate surface area is 131 Å². The average molecular weight is 389 g/mol. The number of nitrogens with one attached hydrogen (secondary N) is 1. The van der Waals surface area contributed by atoms with Gasteiger partial charge in [-0.1, -0.05) is 25.4 Å². The van der Waals surface area contributed by atoms with Crippen LogP contribution < -0.4 is 5.32 Å². The van der Waals surface area contributed by atoms with E-state index < -0.39 is 0 Å². The average Bonchev–Trinajstić information content (AvgIpc) is 2.39. The highest BCUT2D eigenvalue weighted by molar-refractivity contribution is 14.1. The molecule has 2 rings (SSSR count). The van der Waals surface area contributed by atoms with E-state index in [4.69, 9.17) is 11.6 Å². The number of halogens is 2. The van der Waals surface area contributed by atoms with Gasteiger partial charge >= 0.3 is 0 Å². The van der Waals surface area contributed by atoms with E-state index in [2.05, 4.69) is 56.7 Å². The SMILES string of the molecule is CNc1nc(-c2ccc(Cl)cn2)nc(C(C)C)c1I. The molecule has 0 amide bonds. The highest BCUT2D eigenvalue weighted by Gasteiger charge is 2.15. The van der Waals surface area contributed by atoms with Gasteiger partial charge in [0.15, 0.2) is 5.82 Å². The minimum absolute atomic E-state index is 0.327. The second kappa shape index (κ2) is 6.00. The molecule has 0 aliphatic rings. The molecule has 0 aromatic carbocycles. The van der Waals surface area contributed by atoms with Crippen LogP contribution in [0, 0.1) is 3.57 Å². The molecule has 0 spiro atoms. The van der Waals surface area contributed by atoms with E-state index in [1.807, 2.05) is 13.1 Å². The Morgan fingerprint density at radius 1 is 1.26 bits per heavy atom. The number of rotatable bonds is 3. The summed E-state index contributed by atoms with van der Waals surface area (Å²) in [5.74, 6) is 1.77. The first-order chi connectivity index (χ1) is 9.02. The van der Waals surface area contributed by atoms with Crippen molar-refractivity contribution in [1.29, 1.82) is 0 Å². The lowest BCUT2D eigenvalue weighted by Crippen LogP contribution is -2.07. The van der Waals surface area contributed by atoms with Crippen LogP contribution in [0.25, 0.3) is 11.5 Å². The Kier molecular flexibility index (Phi) is 4.57. The molecule has 0 saturated heterocycles. The molecule has 0 atom stereocenters. The van der Waals surface area contributed by atoms with Crippen LogP contribution in [0.15, 0.2) is 18.3 Å². The lowest BCUT2D eigenvalue weighted by Gasteiger charge is -2.13. The van der Waals surface area contributed by atoms with Gasteiger partial charge < -0.3 is 5.32 Å².